The van der Waals surface area contributed by atoms with Crippen LogP contribution in [0.5, 0.6) is 5.88 Å². The average Bonchev–Trinajstić information content (AvgIpc) is 3.70. The summed E-state index contributed by atoms with van der Waals surface area (Å²) in [5.74, 6) is -0.766. The predicted octanol–water partition coefficient (Wildman–Crippen LogP) is 3.55. The highest BCUT2D eigenvalue weighted by Gasteiger charge is 2.34. The largest absolute Gasteiger partial charge is 0.493 e. The highest BCUT2D eigenvalue weighted by molar-refractivity contribution is 6.32. The van der Waals surface area contributed by atoms with E-state index in [0.29, 0.717) is 43.6 Å². The molecule has 6 heterocycles. The van der Waals surface area contributed by atoms with E-state index in [4.69, 9.17) is 16.3 Å². The summed E-state index contributed by atoms with van der Waals surface area (Å²) < 4.78 is 49.0. The molecule has 3 aliphatic rings. The first kappa shape index (κ1) is 34.5. The number of halogens is 4. The Kier molecular flexibility index (Phi) is 9.21. The van der Waals surface area contributed by atoms with Crippen molar-refractivity contribution >= 4 is 46.1 Å². The summed E-state index contributed by atoms with van der Waals surface area (Å²) in [6.45, 7) is 3.24. The van der Waals surface area contributed by atoms with Crippen LogP contribution < -0.4 is 15.8 Å². The molecule has 1 saturated heterocycles. The van der Waals surface area contributed by atoms with Gasteiger partial charge in [-0.15, -0.1) is 5.10 Å². The number of nitrogens with zero attached hydrogens (tertiary/aromatic N) is 9. The van der Waals surface area contributed by atoms with Gasteiger partial charge in [0.25, 0.3) is 11.5 Å². The van der Waals surface area contributed by atoms with Gasteiger partial charge in [-0.05, 0) is 49.8 Å². The third-order valence-corrected chi connectivity index (χ3v) is 9.72. The van der Waals surface area contributed by atoms with Crippen LogP contribution in [-0.4, -0.2) is 95.1 Å². The van der Waals surface area contributed by atoms with Gasteiger partial charge in [-0.2, -0.15) is 27.8 Å². The molecule has 1 saturated carbocycles. The van der Waals surface area contributed by atoms with Crippen molar-refractivity contribution in [3.8, 4) is 5.88 Å². The van der Waals surface area contributed by atoms with Crippen molar-refractivity contribution < 1.29 is 32.6 Å². The number of nitrogens with one attached hydrogen (secondary N) is 1. The van der Waals surface area contributed by atoms with E-state index >= 15 is 0 Å². The van der Waals surface area contributed by atoms with Crippen molar-refractivity contribution in [1.29, 1.82) is 0 Å². The lowest BCUT2D eigenvalue weighted by Gasteiger charge is -2.36. The molecule has 0 bridgehead atoms. The summed E-state index contributed by atoms with van der Waals surface area (Å²) in [6.07, 6.45) is 2.14. The van der Waals surface area contributed by atoms with Gasteiger partial charge in [-0.3, -0.25) is 14.4 Å². The number of ether oxygens (including phenoxy) is 1. The van der Waals surface area contributed by atoms with E-state index < -0.39 is 28.5 Å². The first-order valence-electron chi connectivity index (χ1n) is 16.6. The lowest BCUT2D eigenvalue weighted by Crippen LogP contribution is -2.50. The summed E-state index contributed by atoms with van der Waals surface area (Å²) in [5.41, 5.74) is -0.135. The van der Waals surface area contributed by atoms with Crippen molar-refractivity contribution in [2.45, 2.75) is 57.8 Å². The van der Waals surface area contributed by atoms with Crippen LogP contribution in [0.3, 0.4) is 0 Å². The zero-order chi connectivity index (χ0) is 36.0. The lowest BCUT2D eigenvalue weighted by atomic mass is 9.93. The summed E-state index contributed by atoms with van der Waals surface area (Å²) in [7, 11) is 0. The number of carbonyl (C=O) groups is 2. The SMILES string of the molecule is CCc1c(N2CCN(C(=O)c3cnn(C4CCC4)c3O)CC2)c(=O)n2nc(C3=CCOCC3)nc2n1CC(=O)Nc1ccc(C(F)(F)F)nc1Cl. The molecule has 1 aliphatic carbocycles. The maximum Gasteiger partial charge on any atom is 0.433 e. The molecule has 51 heavy (non-hydrogen) atoms. The Morgan fingerprint density at radius 2 is 1.90 bits per heavy atom. The zero-order valence-electron chi connectivity index (χ0n) is 27.5. The van der Waals surface area contributed by atoms with E-state index in [1.165, 1.54) is 10.9 Å². The topological polar surface area (TPSA) is 165 Å². The van der Waals surface area contributed by atoms with Crippen molar-refractivity contribution in [1.82, 2.24) is 38.8 Å². The number of alkyl halides is 3. The van der Waals surface area contributed by atoms with E-state index in [2.05, 4.69) is 25.5 Å². The number of aromatic hydroxyl groups is 1. The number of carbonyl (C=O) groups excluding carboxylic acids is 2. The van der Waals surface area contributed by atoms with Gasteiger partial charge in [0, 0.05) is 26.2 Å². The number of aromatic nitrogens is 7. The fourth-order valence-corrected chi connectivity index (χ4v) is 6.72. The molecule has 2 fully saturated rings. The predicted molar refractivity (Wildman–Crippen MR) is 178 cm³/mol. The van der Waals surface area contributed by atoms with Crippen molar-refractivity contribution in [2.24, 2.45) is 0 Å². The highest BCUT2D eigenvalue weighted by Crippen LogP contribution is 2.36. The molecule has 4 aromatic rings. The van der Waals surface area contributed by atoms with E-state index in [1.54, 1.807) is 9.47 Å². The molecule has 2 N–H and O–H groups in total. The van der Waals surface area contributed by atoms with Crippen LogP contribution in [0.25, 0.3) is 11.4 Å². The third kappa shape index (κ3) is 6.53. The molecule has 4 aromatic heterocycles. The maximum atomic E-state index is 14.2. The van der Waals surface area contributed by atoms with Crippen molar-refractivity contribution in [3.05, 3.63) is 62.7 Å². The van der Waals surface area contributed by atoms with Gasteiger partial charge in [0.05, 0.1) is 36.8 Å². The number of pyridine rings is 1. The lowest BCUT2D eigenvalue weighted by molar-refractivity contribution is -0.141. The second kappa shape index (κ2) is 13.6. The number of anilines is 2. The minimum Gasteiger partial charge on any atom is -0.493 e. The summed E-state index contributed by atoms with van der Waals surface area (Å²) in [4.78, 5) is 52.5. The summed E-state index contributed by atoms with van der Waals surface area (Å²) in [5, 5.41) is 21.5. The molecule has 0 radical (unpaired) electrons. The molecule has 15 nitrogen and oxygen atoms in total. The fraction of sp³-hybridized carbons (Fsp3) is 0.469. The van der Waals surface area contributed by atoms with Gasteiger partial charge < -0.3 is 29.5 Å². The standard InChI is InChI=1S/C32H34ClF3N10O5/c1-2-22-25(42-10-12-43(13-11-42)28(48)20-16-37-45(29(20)49)19-4-3-5-19)30(50)46-31(40-27(41-46)18-8-14-51-15-9-18)44(22)17-24(47)38-21-6-7-23(32(34,35)36)39-26(21)33/h6-8,16,19,49H,2-5,9-15,17H2,1H3,(H,38,47). The molecule has 2 aliphatic heterocycles. The number of piperazine rings is 1. The molecule has 19 heteroatoms. The molecular weight excluding hydrogens is 697 g/mol. The molecular formula is C32H34ClF3N10O5. The molecule has 7 rings (SSSR count). The van der Waals surface area contributed by atoms with Crippen LogP contribution in [-0.2, 0) is 28.7 Å². The minimum absolute atomic E-state index is 0.0821. The fourth-order valence-electron chi connectivity index (χ4n) is 6.52. The molecule has 0 spiro atoms. The smallest absolute Gasteiger partial charge is 0.433 e. The molecule has 0 atom stereocenters. The Balaban J connectivity index is 1.19. The highest BCUT2D eigenvalue weighted by atomic mass is 35.5. The van der Waals surface area contributed by atoms with Gasteiger partial charge in [0.1, 0.15) is 23.5 Å². The van der Waals surface area contributed by atoms with Crippen LogP contribution >= 0.6 is 11.6 Å². The number of fused-ring (bicyclic) bond motifs is 1. The monoisotopic (exact) mass is 730 g/mol. The summed E-state index contributed by atoms with van der Waals surface area (Å²) >= 11 is 6.01. The molecule has 0 unspecified atom stereocenters. The van der Waals surface area contributed by atoms with Crippen LogP contribution in [0.4, 0.5) is 24.5 Å². The first-order valence-corrected chi connectivity index (χ1v) is 17.0. The van der Waals surface area contributed by atoms with Gasteiger partial charge in [-0.25, -0.2) is 9.67 Å². The second-order valence-corrected chi connectivity index (χ2v) is 12.9. The van der Waals surface area contributed by atoms with E-state index in [9.17, 15) is 32.7 Å². The number of hydrogen-bond acceptors (Lipinski definition) is 10. The van der Waals surface area contributed by atoms with Crippen LogP contribution in [0, 0.1) is 0 Å². The molecule has 2 amide bonds. The van der Waals surface area contributed by atoms with E-state index in [1.807, 2.05) is 17.9 Å². The normalized spacial score (nSPS) is 17.1. The van der Waals surface area contributed by atoms with Gasteiger partial charge in [-0.1, -0.05) is 24.6 Å². The Hall–Kier alpha value is -4.97. The number of amides is 2. The number of hydrogen-bond donors (Lipinski definition) is 2. The Morgan fingerprint density at radius 3 is 2.53 bits per heavy atom. The second-order valence-electron chi connectivity index (χ2n) is 12.5. The maximum absolute atomic E-state index is 14.2. The van der Waals surface area contributed by atoms with Crippen LogP contribution in [0.1, 0.15) is 66.2 Å². The van der Waals surface area contributed by atoms with Crippen molar-refractivity contribution in [3.63, 3.8) is 0 Å². The van der Waals surface area contributed by atoms with Gasteiger partial charge >= 0.3 is 6.18 Å². The van der Waals surface area contributed by atoms with E-state index in [0.717, 1.165) is 35.4 Å². The minimum atomic E-state index is -4.72. The molecule has 0 aromatic carbocycles. The van der Waals surface area contributed by atoms with E-state index in [-0.39, 0.29) is 73.3 Å². The van der Waals surface area contributed by atoms with Gasteiger partial charge in [0.15, 0.2) is 11.0 Å². The Morgan fingerprint density at radius 1 is 1.14 bits per heavy atom. The quantitative estimate of drug-likeness (QED) is 0.256. The first-order chi connectivity index (χ1) is 24.4. The molecule has 270 valence electrons. The van der Waals surface area contributed by atoms with Crippen LogP contribution in [0.15, 0.2) is 29.2 Å². The third-order valence-electron chi connectivity index (χ3n) is 9.43. The van der Waals surface area contributed by atoms with Crippen molar-refractivity contribution in [2.75, 3.05) is 49.6 Å². The summed E-state index contributed by atoms with van der Waals surface area (Å²) in [6, 6.07) is 1.82. The van der Waals surface area contributed by atoms with Gasteiger partial charge in [0.2, 0.25) is 17.6 Å². The Labute approximate surface area is 293 Å². The number of rotatable bonds is 8. The average molecular weight is 731 g/mol. The Bertz CT molecular complexity index is 2100. The van der Waals surface area contributed by atoms with Crippen LogP contribution in [0.2, 0.25) is 5.15 Å². The zero-order valence-corrected chi connectivity index (χ0v) is 28.2.